The van der Waals surface area contributed by atoms with Crippen LogP contribution in [-0.4, -0.2) is 32.0 Å². The molecular weight excluding hydrogens is 328 g/mol. The molecule has 1 aliphatic heterocycles. The molecule has 1 aliphatic rings. The van der Waals surface area contributed by atoms with E-state index in [1.165, 1.54) is 0 Å². The van der Waals surface area contributed by atoms with E-state index < -0.39 is 0 Å². The monoisotopic (exact) mass is 352 g/mol. The molecule has 1 fully saturated rings. The highest BCUT2D eigenvalue weighted by atomic mass is 16.5. The number of nitrogens with zero attached hydrogens (tertiary/aromatic N) is 1. The van der Waals surface area contributed by atoms with Crippen molar-refractivity contribution in [2.75, 3.05) is 25.1 Å². The summed E-state index contributed by atoms with van der Waals surface area (Å²) in [6.45, 7) is 1.38. The van der Waals surface area contributed by atoms with Gasteiger partial charge in [-0.1, -0.05) is 24.3 Å². The van der Waals surface area contributed by atoms with Crippen molar-refractivity contribution in [3.63, 3.8) is 0 Å². The molecule has 136 valence electrons. The van der Waals surface area contributed by atoms with Gasteiger partial charge in [0.25, 0.3) is 0 Å². The van der Waals surface area contributed by atoms with Crippen molar-refractivity contribution >= 4 is 17.5 Å². The maximum atomic E-state index is 12.1. The van der Waals surface area contributed by atoms with E-state index in [4.69, 9.17) is 4.74 Å². The molecule has 0 unspecified atom stereocenters. The molecule has 26 heavy (non-hydrogen) atoms. The Balaban J connectivity index is 1.44. The molecule has 5 heteroatoms. The Morgan fingerprint density at radius 3 is 2.38 bits per heavy atom. The summed E-state index contributed by atoms with van der Waals surface area (Å²) in [4.78, 5) is 25.7. The number of carbonyl (C=O) groups is 2. The molecular formula is C21H24N2O3. The summed E-state index contributed by atoms with van der Waals surface area (Å²) < 4.78 is 5.13. The molecule has 1 heterocycles. The molecule has 0 spiro atoms. The number of hydrogen-bond donors (Lipinski definition) is 1. The number of hydrogen-bond acceptors (Lipinski definition) is 3. The SMILES string of the molecule is COc1ccc(CCNC(=O)Cc2ccc(N3CCCC3=O)cc2)cc1. The van der Waals surface area contributed by atoms with E-state index in [1.54, 1.807) is 12.0 Å². The van der Waals surface area contributed by atoms with E-state index >= 15 is 0 Å². The van der Waals surface area contributed by atoms with Crippen LogP contribution in [0, 0.1) is 0 Å². The van der Waals surface area contributed by atoms with E-state index in [1.807, 2.05) is 48.5 Å². The Kier molecular flexibility index (Phi) is 5.89. The molecule has 0 aliphatic carbocycles. The Morgan fingerprint density at radius 2 is 1.77 bits per heavy atom. The predicted octanol–water partition coefficient (Wildman–Crippen LogP) is 2.72. The second kappa shape index (κ2) is 8.52. The van der Waals surface area contributed by atoms with Crippen molar-refractivity contribution in [3.8, 4) is 5.75 Å². The number of methoxy groups -OCH3 is 1. The van der Waals surface area contributed by atoms with Crippen LogP contribution in [-0.2, 0) is 22.4 Å². The minimum atomic E-state index is 0.00325. The van der Waals surface area contributed by atoms with Gasteiger partial charge in [-0.05, 0) is 48.2 Å². The lowest BCUT2D eigenvalue weighted by molar-refractivity contribution is -0.120. The van der Waals surface area contributed by atoms with Gasteiger partial charge >= 0.3 is 0 Å². The van der Waals surface area contributed by atoms with Crippen LogP contribution in [0.5, 0.6) is 5.75 Å². The van der Waals surface area contributed by atoms with Crippen LogP contribution in [0.4, 0.5) is 5.69 Å². The Hall–Kier alpha value is -2.82. The zero-order valence-electron chi connectivity index (χ0n) is 15.0. The topological polar surface area (TPSA) is 58.6 Å². The van der Waals surface area contributed by atoms with Gasteiger partial charge in [0.15, 0.2) is 0 Å². The van der Waals surface area contributed by atoms with Gasteiger partial charge in [-0.3, -0.25) is 9.59 Å². The van der Waals surface area contributed by atoms with Gasteiger partial charge in [0.1, 0.15) is 5.75 Å². The Morgan fingerprint density at radius 1 is 1.08 bits per heavy atom. The summed E-state index contributed by atoms with van der Waals surface area (Å²) in [5.41, 5.74) is 3.02. The van der Waals surface area contributed by atoms with Gasteiger partial charge in [0.2, 0.25) is 11.8 Å². The molecule has 5 nitrogen and oxygen atoms in total. The summed E-state index contributed by atoms with van der Waals surface area (Å²) in [7, 11) is 1.64. The maximum absolute atomic E-state index is 12.1. The lowest BCUT2D eigenvalue weighted by Crippen LogP contribution is -2.27. The van der Waals surface area contributed by atoms with Crippen LogP contribution in [0.3, 0.4) is 0 Å². The molecule has 0 atom stereocenters. The second-order valence-corrected chi connectivity index (χ2v) is 6.44. The zero-order chi connectivity index (χ0) is 18.4. The summed E-state index contributed by atoms with van der Waals surface area (Å²) in [5, 5.41) is 2.95. The second-order valence-electron chi connectivity index (χ2n) is 6.44. The first-order chi connectivity index (χ1) is 12.7. The minimum Gasteiger partial charge on any atom is -0.497 e. The number of benzene rings is 2. The molecule has 3 rings (SSSR count). The minimum absolute atomic E-state index is 0.00325. The zero-order valence-corrected chi connectivity index (χ0v) is 15.0. The molecule has 0 saturated carbocycles. The van der Waals surface area contributed by atoms with Gasteiger partial charge in [-0.15, -0.1) is 0 Å². The summed E-state index contributed by atoms with van der Waals surface area (Å²) in [6, 6.07) is 15.5. The van der Waals surface area contributed by atoms with Crippen LogP contribution in [0.1, 0.15) is 24.0 Å². The van der Waals surface area contributed by atoms with E-state index in [0.29, 0.717) is 19.4 Å². The predicted molar refractivity (Wildman–Crippen MR) is 101 cm³/mol. The molecule has 1 saturated heterocycles. The highest BCUT2D eigenvalue weighted by Crippen LogP contribution is 2.21. The molecule has 0 radical (unpaired) electrons. The quantitative estimate of drug-likeness (QED) is 0.833. The van der Waals surface area contributed by atoms with Gasteiger partial charge in [-0.25, -0.2) is 0 Å². The van der Waals surface area contributed by atoms with Crippen molar-refractivity contribution in [3.05, 3.63) is 59.7 Å². The van der Waals surface area contributed by atoms with Gasteiger partial charge in [0.05, 0.1) is 13.5 Å². The van der Waals surface area contributed by atoms with Crippen LogP contribution >= 0.6 is 0 Å². The summed E-state index contributed by atoms with van der Waals surface area (Å²) >= 11 is 0. The third kappa shape index (κ3) is 4.63. The van der Waals surface area contributed by atoms with Gasteiger partial charge < -0.3 is 15.0 Å². The third-order valence-electron chi connectivity index (χ3n) is 4.58. The van der Waals surface area contributed by atoms with Crippen molar-refractivity contribution in [1.29, 1.82) is 0 Å². The number of carbonyl (C=O) groups excluding carboxylic acids is 2. The first kappa shape index (κ1) is 18.0. The van der Waals surface area contributed by atoms with Gasteiger partial charge in [-0.2, -0.15) is 0 Å². The third-order valence-corrected chi connectivity index (χ3v) is 4.58. The normalized spacial score (nSPS) is 13.7. The maximum Gasteiger partial charge on any atom is 0.227 e. The van der Waals surface area contributed by atoms with Crippen LogP contribution in [0.2, 0.25) is 0 Å². The largest absolute Gasteiger partial charge is 0.497 e. The highest BCUT2D eigenvalue weighted by Gasteiger charge is 2.21. The standard InChI is InChI=1S/C21H24N2O3/c1-26-19-10-6-16(7-11-19)12-13-22-20(24)15-17-4-8-18(9-5-17)23-14-2-3-21(23)25/h4-11H,2-3,12-15H2,1H3,(H,22,24). The Labute approximate surface area is 154 Å². The molecule has 2 aromatic rings. The Bertz CT molecular complexity index is 754. The van der Waals surface area contributed by atoms with Gasteiger partial charge in [0, 0.05) is 25.2 Å². The van der Waals surface area contributed by atoms with E-state index in [9.17, 15) is 9.59 Å². The highest BCUT2D eigenvalue weighted by molar-refractivity contribution is 5.95. The van der Waals surface area contributed by atoms with Crippen LogP contribution in [0.15, 0.2) is 48.5 Å². The molecule has 0 bridgehead atoms. The molecule has 0 aromatic heterocycles. The number of nitrogens with one attached hydrogen (secondary N) is 1. The fourth-order valence-electron chi connectivity index (χ4n) is 3.10. The average Bonchev–Trinajstić information content (AvgIpc) is 3.09. The lowest BCUT2D eigenvalue weighted by Gasteiger charge is -2.15. The summed E-state index contributed by atoms with van der Waals surface area (Å²) in [6.07, 6.45) is 2.66. The van der Waals surface area contributed by atoms with E-state index in [2.05, 4.69) is 5.32 Å². The summed E-state index contributed by atoms with van der Waals surface area (Å²) in [5.74, 6) is 1.01. The van der Waals surface area contributed by atoms with Crippen molar-refractivity contribution < 1.29 is 14.3 Å². The number of amides is 2. The van der Waals surface area contributed by atoms with E-state index in [-0.39, 0.29) is 11.8 Å². The molecule has 2 amide bonds. The first-order valence-electron chi connectivity index (χ1n) is 8.94. The van der Waals surface area contributed by atoms with E-state index in [0.717, 1.165) is 42.0 Å². The molecule has 1 N–H and O–H groups in total. The van der Waals surface area contributed by atoms with Crippen molar-refractivity contribution in [2.24, 2.45) is 0 Å². The fraction of sp³-hybridized carbons (Fsp3) is 0.333. The van der Waals surface area contributed by atoms with Crippen LogP contribution in [0.25, 0.3) is 0 Å². The first-order valence-corrected chi connectivity index (χ1v) is 8.94. The number of rotatable bonds is 7. The molecule has 2 aromatic carbocycles. The fourth-order valence-corrected chi connectivity index (χ4v) is 3.10. The average molecular weight is 352 g/mol. The lowest BCUT2D eigenvalue weighted by atomic mass is 10.1. The number of anilines is 1. The smallest absolute Gasteiger partial charge is 0.227 e. The van der Waals surface area contributed by atoms with Crippen LogP contribution < -0.4 is 15.0 Å². The number of ether oxygens (including phenoxy) is 1. The van der Waals surface area contributed by atoms with Crippen molar-refractivity contribution in [1.82, 2.24) is 5.32 Å². The van der Waals surface area contributed by atoms with Crippen molar-refractivity contribution in [2.45, 2.75) is 25.7 Å².